The first kappa shape index (κ1) is 83.2. The predicted molar refractivity (Wildman–Crippen MR) is 550 cm³/mol. The summed E-state index contributed by atoms with van der Waals surface area (Å²) in [6, 6.07) is 187. The van der Waals surface area contributed by atoms with Crippen LogP contribution in [0.5, 0.6) is 0 Å². The van der Waals surface area contributed by atoms with Crippen molar-refractivity contribution in [2.24, 2.45) is 0 Å². The smallest absolute Gasteiger partial charge is 0.304 e. The van der Waals surface area contributed by atoms with Gasteiger partial charge in [0.2, 0.25) is 0 Å². The van der Waals surface area contributed by atoms with E-state index in [1.54, 1.807) is 0 Å². The topological polar surface area (TPSA) is 38.7 Å². The van der Waals surface area contributed by atoms with Crippen molar-refractivity contribution in [1.29, 1.82) is 0 Å². The third-order valence-corrected chi connectivity index (χ3v) is 25.1. The maximum Gasteiger partial charge on any atom is 3.00 e. The summed E-state index contributed by atoms with van der Waals surface area (Å²) in [5, 5.41) is 0. The van der Waals surface area contributed by atoms with Crippen molar-refractivity contribution in [3.05, 3.63) is 528 Å². The van der Waals surface area contributed by atoms with Gasteiger partial charge in [-0.05, 0) is 292 Å². The first-order chi connectivity index (χ1) is 65.3. The summed E-state index contributed by atoms with van der Waals surface area (Å²) in [6.07, 6.45) is 6.05. The normalized spacial score (nSPS) is 11.1. The van der Waals surface area contributed by atoms with Crippen LogP contribution in [0.3, 0.4) is 0 Å². The first-order valence-corrected chi connectivity index (χ1v) is 44.8. The Kier molecular flexibility index (Phi) is 23.7. The van der Waals surface area contributed by atoms with Gasteiger partial charge in [-0.3, -0.25) is 0 Å². The SMILES string of the molecule is [Ir+3].[c-]1ccc(-c2cccc(-c3cc(-c4ccccc4)cc(-c4ccccc4)c3)c2)cc1-c1ccc(-c2ccccc2-c2cc(-c3ccccc3-c3ccc(-c4[c-]ccc(-c5cccc(-c6cc(-c7ccccc7)cc(-c7ccccc7)c6)c5)c4)nc3)cc(-c3ccccc3-c3ccc(-c4[c-]ccc(-c5cccc(-c6cc(-c7ccccc7)cc(-c7ccccc7)c6)c5)c4)nc3)c2)cn1. The molecule has 0 aliphatic rings. The molecule has 19 aromatic carbocycles. The van der Waals surface area contributed by atoms with Crippen LogP contribution in [0.4, 0.5) is 0 Å². The van der Waals surface area contributed by atoms with Crippen LogP contribution < -0.4 is 0 Å². The standard InChI is InChI=1S/C129H84N3.Ir/c1-7-31-88(32-8-1)109-73-110(89-33-9-2-10-34-89)77-115(76-109)100-49-25-43-94(67-100)97-46-28-52-103(70-97)127-64-61-106(85-130-127)121-55-19-22-58-124(121)118-82-119(125-59-23-20-56-122(125)107-62-65-128(131-86-107)104-53-29-47-98(71-104)95-44-26-50-101(68-95)116-78-111(90-35-11-3-12-36-90)74-112(79-116)91-37-13-4-14-38-91)84-120(83-118)126-60-24-21-57-123(126)108-63-66-129(132-87-108)105-54-30-48-99(72-105)96-45-27-51-102(69-96)117-80-113(92-39-15-5-16-40-92)75-114(81-117)93-41-17-6-18-42-93;/h1-51,55-87H;/q-3;+3. The van der Waals surface area contributed by atoms with Crippen LogP contribution in [0, 0.1) is 18.2 Å². The van der Waals surface area contributed by atoms with Crippen LogP contribution in [-0.4, -0.2) is 15.0 Å². The molecule has 0 bridgehead atoms. The molecule has 4 heteroatoms. The summed E-state index contributed by atoms with van der Waals surface area (Å²) in [5.41, 5.74) is 45.4. The Morgan fingerprint density at radius 3 is 0.496 bits per heavy atom. The average molecular weight is 1870 g/mol. The molecule has 0 aliphatic carbocycles. The van der Waals surface area contributed by atoms with Crippen molar-refractivity contribution in [2.75, 3.05) is 0 Å². The molecule has 0 saturated heterocycles. The van der Waals surface area contributed by atoms with Crippen molar-refractivity contribution in [2.45, 2.75) is 0 Å². The van der Waals surface area contributed by atoms with Crippen LogP contribution >= 0.6 is 0 Å². The minimum atomic E-state index is 0. The van der Waals surface area contributed by atoms with Crippen LogP contribution in [0.25, 0.3) is 234 Å². The molecule has 22 aromatic rings. The van der Waals surface area contributed by atoms with Crippen LogP contribution in [0.1, 0.15) is 0 Å². The summed E-state index contributed by atoms with van der Waals surface area (Å²) in [5.74, 6) is 0. The van der Waals surface area contributed by atoms with E-state index in [0.717, 1.165) is 167 Å². The molecule has 0 spiro atoms. The Bertz CT molecular complexity index is 7000. The largest absolute Gasteiger partial charge is 3.00 e. The molecule has 3 nitrogen and oxygen atoms in total. The summed E-state index contributed by atoms with van der Waals surface area (Å²) in [6.45, 7) is 0. The second-order valence-corrected chi connectivity index (χ2v) is 33.5. The molecule has 624 valence electrons. The Morgan fingerprint density at radius 1 is 0.120 bits per heavy atom. The van der Waals surface area contributed by atoms with E-state index in [1.165, 1.54) is 66.8 Å². The van der Waals surface area contributed by atoms with E-state index in [4.69, 9.17) is 15.0 Å². The van der Waals surface area contributed by atoms with Crippen molar-refractivity contribution in [3.63, 3.8) is 0 Å². The van der Waals surface area contributed by atoms with Gasteiger partial charge >= 0.3 is 20.1 Å². The van der Waals surface area contributed by atoms with E-state index in [1.807, 2.05) is 36.8 Å². The fourth-order valence-corrected chi connectivity index (χ4v) is 18.4. The molecule has 0 aliphatic heterocycles. The molecule has 3 aromatic heterocycles. The van der Waals surface area contributed by atoms with Gasteiger partial charge in [-0.1, -0.05) is 346 Å². The van der Waals surface area contributed by atoms with Gasteiger partial charge in [0.1, 0.15) is 0 Å². The zero-order chi connectivity index (χ0) is 87.9. The number of hydrogen-bond acceptors (Lipinski definition) is 3. The van der Waals surface area contributed by atoms with Gasteiger partial charge in [-0.2, -0.15) is 0 Å². The summed E-state index contributed by atoms with van der Waals surface area (Å²) < 4.78 is 0. The van der Waals surface area contributed by atoms with Crippen molar-refractivity contribution < 1.29 is 20.1 Å². The summed E-state index contributed by atoms with van der Waals surface area (Å²) >= 11 is 0. The van der Waals surface area contributed by atoms with E-state index in [9.17, 15) is 0 Å². The maximum atomic E-state index is 5.27. The number of pyridine rings is 3. The minimum absolute atomic E-state index is 0. The van der Waals surface area contributed by atoms with Gasteiger partial charge in [0.25, 0.3) is 0 Å². The zero-order valence-corrected chi connectivity index (χ0v) is 75.1. The van der Waals surface area contributed by atoms with Gasteiger partial charge in [-0.15, -0.1) is 106 Å². The van der Waals surface area contributed by atoms with Crippen LogP contribution in [0.2, 0.25) is 0 Å². The number of benzene rings is 19. The first-order valence-electron chi connectivity index (χ1n) is 44.8. The van der Waals surface area contributed by atoms with Crippen molar-refractivity contribution in [3.8, 4) is 234 Å². The molecule has 0 atom stereocenters. The molecule has 3 heterocycles. The second-order valence-electron chi connectivity index (χ2n) is 33.5. The third kappa shape index (κ3) is 18.0. The molecular formula is C129H84IrN3. The predicted octanol–water partition coefficient (Wildman–Crippen LogP) is 34.3. The maximum absolute atomic E-state index is 5.27. The Balaban J connectivity index is 0.0000106. The van der Waals surface area contributed by atoms with Gasteiger partial charge < -0.3 is 15.0 Å². The molecule has 0 fully saturated rings. The van der Waals surface area contributed by atoms with Crippen molar-refractivity contribution in [1.82, 2.24) is 15.0 Å². The number of rotatable bonds is 21. The summed E-state index contributed by atoms with van der Waals surface area (Å²) in [7, 11) is 0. The molecule has 0 radical (unpaired) electrons. The van der Waals surface area contributed by atoms with E-state index in [0.29, 0.717) is 0 Å². The molecule has 133 heavy (non-hydrogen) atoms. The molecular weight excluding hydrogens is 1780 g/mol. The van der Waals surface area contributed by atoms with E-state index < -0.39 is 0 Å². The van der Waals surface area contributed by atoms with Gasteiger partial charge in [0.15, 0.2) is 0 Å². The Morgan fingerprint density at radius 2 is 0.286 bits per heavy atom. The molecule has 0 N–H and O–H groups in total. The number of nitrogens with zero attached hydrogens (tertiary/aromatic N) is 3. The minimum Gasteiger partial charge on any atom is -0.304 e. The van der Waals surface area contributed by atoms with Gasteiger partial charge in [0.05, 0.1) is 0 Å². The average Bonchev–Trinajstić information content (AvgIpc) is 0.780. The molecule has 22 rings (SSSR count). The van der Waals surface area contributed by atoms with Gasteiger partial charge in [0, 0.05) is 18.6 Å². The second kappa shape index (κ2) is 37.9. The monoisotopic (exact) mass is 1870 g/mol. The quantitative estimate of drug-likeness (QED) is 0.0673. The van der Waals surface area contributed by atoms with Crippen LogP contribution in [0.15, 0.2) is 510 Å². The van der Waals surface area contributed by atoms with E-state index >= 15 is 0 Å². The van der Waals surface area contributed by atoms with E-state index in [-0.39, 0.29) is 20.1 Å². The molecule has 0 amide bonds. The Hall–Kier alpha value is -16.7. The summed E-state index contributed by atoms with van der Waals surface area (Å²) in [4.78, 5) is 15.8. The van der Waals surface area contributed by atoms with Gasteiger partial charge in [-0.25, -0.2) is 0 Å². The van der Waals surface area contributed by atoms with Crippen LogP contribution in [-0.2, 0) is 20.1 Å². The Labute approximate surface area is 791 Å². The number of hydrogen-bond donors (Lipinski definition) is 0. The van der Waals surface area contributed by atoms with Crippen molar-refractivity contribution >= 4 is 0 Å². The van der Waals surface area contributed by atoms with E-state index in [2.05, 4.69) is 491 Å². The molecule has 0 unspecified atom stereocenters. The fraction of sp³-hybridized carbons (Fsp3) is 0. The number of aromatic nitrogens is 3. The molecule has 0 saturated carbocycles. The fourth-order valence-electron chi connectivity index (χ4n) is 18.4. The zero-order valence-electron chi connectivity index (χ0n) is 72.7. The third-order valence-electron chi connectivity index (χ3n) is 25.1.